The molecule has 1 atom stereocenters. The number of morpholine rings is 1. The van der Waals surface area contributed by atoms with Crippen molar-refractivity contribution >= 4 is 11.7 Å². The van der Waals surface area contributed by atoms with E-state index in [9.17, 15) is 4.79 Å². The second kappa shape index (κ2) is 11.3. The molecule has 3 heterocycles. The van der Waals surface area contributed by atoms with Gasteiger partial charge < -0.3 is 14.2 Å². The molecule has 2 aromatic rings. The first kappa shape index (κ1) is 22.6. The first-order valence-corrected chi connectivity index (χ1v) is 11.6. The van der Waals surface area contributed by atoms with Crippen molar-refractivity contribution in [1.29, 1.82) is 0 Å². The lowest BCUT2D eigenvalue weighted by molar-refractivity contribution is -0.129. The normalized spacial score (nSPS) is 18.5. The Morgan fingerprint density at radius 3 is 2.75 bits per heavy atom. The zero-order chi connectivity index (χ0) is 22.2. The third-order valence-corrected chi connectivity index (χ3v) is 6.44. The van der Waals surface area contributed by atoms with Crippen molar-refractivity contribution in [3.63, 3.8) is 0 Å². The van der Waals surface area contributed by atoms with Gasteiger partial charge in [-0.05, 0) is 12.3 Å². The summed E-state index contributed by atoms with van der Waals surface area (Å²) in [5.74, 6) is 1.51. The van der Waals surface area contributed by atoms with Gasteiger partial charge in [0.15, 0.2) is 11.5 Å². The highest BCUT2D eigenvalue weighted by molar-refractivity contribution is 5.75. The lowest BCUT2D eigenvalue weighted by Crippen LogP contribution is -2.37. The molecule has 10 heteroatoms. The van der Waals surface area contributed by atoms with Gasteiger partial charge in [0.25, 0.3) is 0 Å². The van der Waals surface area contributed by atoms with Crippen LogP contribution in [0.3, 0.4) is 0 Å². The highest BCUT2D eigenvalue weighted by Gasteiger charge is 2.26. The van der Waals surface area contributed by atoms with Crippen LogP contribution >= 0.6 is 0 Å². The standard InChI is InChI=1S/C22H32N6O4/c29-18(26-30)15-17(8-4-7-16-5-2-1-3-6-16)22-25-20(27-32-22)19-21(24-10-9-23-19)28-11-13-31-14-12-28/h9-10,16-17,30H,1-8,11-15H2,(H,26,29). The molecular weight excluding hydrogens is 412 g/mol. The number of amides is 1. The fourth-order valence-electron chi connectivity index (χ4n) is 4.70. The summed E-state index contributed by atoms with van der Waals surface area (Å²) in [6.45, 7) is 2.70. The summed E-state index contributed by atoms with van der Waals surface area (Å²) in [6, 6.07) is 0. The molecule has 1 saturated heterocycles. The van der Waals surface area contributed by atoms with Crippen LogP contribution in [0.15, 0.2) is 16.9 Å². The second-order valence-corrected chi connectivity index (χ2v) is 8.66. The van der Waals surface area contributed by atoms with Crippen molar-refractivity contribution in [2.45, 2.75) is 63.7 Å². The number of nitrogens with zero attached hydrogens (tertiary/aromatic N) is 5. The Bertz CT molecular complexity index is 864. The number of nitrogens with one attached hydrogen (secondary N) is 1. The van der Waals surface area contributed by atoms with Crippen molar-refractivity contribution < 1.29 is 19.3 Å². The van der Waals surface area contributed by atoms with E-state index in [0.29, 0.717) is 36.4 Å². The van der Waals surface area contributed by atoms with Crippen LogP contribution in [0, 0.1) is 5.92 Å². The maximum absolute atomic E-state index is 11.9. The van der Waals surface area contributed by atoms with Crippen LogP contribution in [0.4, 0.5) is 5.82 Å². The molecule has 4 rings (SSSR count). The number of anilines is 1. The molecular formula is C22H32N6O4. The molecule has 2 N–H and O–H groups in total. The summed E-state index contributed by atoms with van der Waals surface area (Å²) in [4.78, 5) is 27.5. The Morgan fingerprint density at radius 2 is 1.97 bits per heavy atom. The van der Waals surface area contributed by atoms with Gasteiger partial charge in [0.05, 0.1) is 13.2 Å². The summed E-state index contributed by atoms with van der Waals surface area (Å²) in [7, 11) is 0. The summed E-state index contributed by atoms with van der Waals surface area (Å²) in [5, 5.41) is 13.2. The number of hydroxylamine groups is 1. The third-order valence-electron chi connectivity index (χ3n) is 6.44. The van der Waals surface area contributed by atoms with E-state index in [4.69, 9.17) is 14.5 Å². The highest BCUT2D eigenvalue weighted by Crippen LogP contribution is 2.32. The van der Waals surface area contributed by atoms with E-state index in [0.717, 1.165) is 38.3 Å². The molecule has 0 spiro atoms. The molecule has 2 fully saturated rings. The minimum absolute atomic E-state index is 0.0968. The van der Waals surface area contributed by atoms with Gasteiger partial charge in [-0.3, -0.25) is 10.0 Å². The quantitative estimate of drug-likeness (QED) is 0.443. The topological polar surface area (TPSA) is 127 Å². The number of ether oxygens (including phenoxy) is 1. The molecule has 0 bridgehead atoms. The molecule has 1 aliphatic carbocycles. The van der Waals surface area contributed by atoms with Crippen LogP contribution in [0.5, 0.6) is 0 Å². The van der Waals surface area contributed by atoms with E-state index < -0.39 is 5.91 Å². The molecule has 0 aromatic carbocycles. The van der Waals surface area contributed by atoms with Gasteiger partial charge in [0.1, 0.15) is 0 Å². The van der Waals surface area contributed by atoms with Gasteiger partial charge >= 0.3 is 0 Å². The fraction of sp³-hybridized carbons (Fsp3) is 0.682. The Hall–Kier alpha value is -2.59. The smallest absolute Gasteiger partial charge is 0.244 e. The molecule has 1 aliphatic heterocycles. The minimum atomic E-state index is -0.457. The molecule has 1 amide bonds. The van der Waals surface area contributed by atoms with Crippen LogP contribution in [0.25, 0.3) is 11.5 Å². The number of hydrogen-bond acceptors (Lipinski definition) is 9. The summed E-state index contributed by atoms with van der Waals surface area (Å²) in [5.41, 5.74) is 2.28. The maximum Gasteiger partial charge on any atom is 0.244 e. The van der Waals surface area contributed by atoms with Crippen LogP contribution in [0.2, 0.25) is 0 Å². The lowest BCUT2D eigenvalue weighted by Gasteiger charge is -2.28. The largest absolute Gasteiger partial charge is 0.378 e. The average Bonchev–Trinajstić information content (AvgIpc) is 3.34. The molecule has 2 aromatic heterocycles. The molecule has 0 radical (unpaired) electrons. The molecule has 174 valence electrons. The van der Waals surface area contributed by atoms with Crippen molar-refractivity contribution in [1.82, 2.24) is 25.6 Å². The van der Waals surface area contributed by atoms with E-state index in [-0.39, 0.29) is 12.3 Å². The van der Waals surface area contributed by atoms with Gasteiger partial charge in [-0.15, -0.1) is 0 Å². The lowest BCUT2D eigenvalue weighted by atomic mass is 9.84. The van der Waals surface area contributed by atoms with E-state index in [2.05, 4.69) is 25.0 Å². The third kappa shape index (κ3) is 5.80. The maximum atomic E-state index is 11.9. The Labute approximate surface area is 187 Å². The zero-order valence-corrected chi connectivity index (χ0v) is 18.4. The molecule has 32 heavy (non-hydrogen) atoms. The number of carbonyl (C=O) groups excluding carboxylic acids is 1. The van der Waals surface area contributed by atoms with Gasteiger partial charge in [0.2, 0.25) is 17.6 Å². The summed E-state index contributed by atoms with van der Waals surface area (Å²) >= 11 is 0. The minimum Gasteiger partial charge on any atom is -0.378 e. The predicted molar refractivity (Wildman–Crippen MR) is 116 cm³/mol. The van der Waals surface area contributed by atoms with Crippen LogP contribution in [-0.2, 0) is 9.53 Å². The zero-order valence-electron chi connectivity index (χ0n) is 18.4. The summed E-state index contributed by atoms with van der Waals surface area (Å²) in [6.07, 6.45) is 12.8. The van der Waals surface area contributed by atoms with E-state index in [1.165, 1.54) is 32.1 Å². The Balaban J connectivity index is 1.47. The molecule has 10 nitrogen and oxygen atoms in total. The first-order chi connectivity index (χ1) is 15.7. The number of rotatable bonds is 9. The van der Waals surface area contributed by atoms with Gasteiger partial charge in [-0.1, -0.05) is 50.1 Å². The molecule has 1 saturated carbocycles. The van der Waals surface area contributed by atoms with Crippen molar-refractivity contribution in [2.75, 3.05) is 31.2 Å². The summed E-state index contributed by atoms with van der Waals surface area (Å²) < 4.78 is 11.0. The van der Waals surface area contributed by atoms with Crippen LogP contribution < -0.4 is 10.4 Å². The van der Waals surface area contributed by atoms with Crippen LogP contribution in [0.1, 0.15) is 69.6 Å². The molecule has 2 aliphatic rings. The second-order valence-electron chi connectivity index (χ2n) is 8.66. The Kier molecular flexibility index (Phi) is 8.00. The highest BCUT2D eigenvalue weighted by atomic mass is 16.5. The van der Waals surface area contributed by atoms with Gasteiger partial charge in [0, 0.05) is 37.8 Å². The van der Waals surface area contributed by atoms with Crippen molar-refractivity contribution in [3.8, 4) is 11.5 Å². The molecule has 1 unspecified atom stereocenters. The van der Waals surface area contributed by atoms with Crippen LogP contribution in [-0.4, -0.2) is 57.5 Å². The van der Waals surface area contributed by atoms with Crippen molar-refractivity contribution in [3.05, 3.63) is 18.3 Å². The van der Waals surface area contributed by atoms with Gasteiger partial charge in [-0.25, -0.2) is 15.4 Å². The van der Waals surface area contributed by atoms with E-state index >= 15 is 0 Å². The number of hydrogen-bond donors (Lipinski definition) is 2. The van der Waals surface area contributed by atoms with Crippen molar-refractivity contribution in [2.24, 2.45) is 5.92 Å². The monoisotopic (exact) mass is 444 g/mol. The number of aromatic nitrogens is 4. The average molecular weight is 445 g/mol. The van der Waals surface area contributed by atoms with E-state index in [1.807, 2.05) is 0 Å². The SMILES string of the molecule is O=C(CC(CCCC1CCCCC1)c1nc(-c2nccnc2N2CCOCC2)no1)NO. The van der Waals surface area contributed by atoms with E-state index in [1.54, 1.807) is 17.9 Å². The van der Waals surface area contributed by atoms with Gasteiger partial charge in [-0.2, -0.15) is 4.98 Å². The fourth-order valence-corrected chi connectivity index (χ4v) is 4.70. The first-order valence-electron chi connectivity index (χ1n) is 11.6. The Morgan fingerprint density at radius 1 is 1.19 bits per heavy atom. The predicted octanol–water partition coefficient (Wildman–Crippen LogP) is 3.09. The number of carbonyl (C=O) groups is 1.